The molecule has 1 N–H and O–H groups in total. The minimum absolute atomic E-state index is 0.201. The lowest BCUT2D eigenvalue weighted by atomic mass is 9.85. The molecule has 17 heavy (non-hydrogen) atoms. The van der Waals surface area contributed by atoms with Crippen molar-refractivity contribution >= 4 is 0 Å². The third-order valence-corrected chi connectivity index (χ3v) is 3.23. The van der Waals surface area contributed by atoms with Gasteiger partial charge in [-0.25, -0.2) is 0 Å². The molecule has 0 bridgehead atoms. The average Bonchev–Trinajstić information content (AvgIpc) is 2.19. The highest BCUT2D eigenvalue weighted by molar-refractivity contribution is 5.36. The molecule has 1 atom stereocenters. The predicted octanol–water partition coefficient (Wildman–Crippen LogP) is 3.07. The van der Waals surface area contributed by atoms with Crippen molar-refractivity contribution in [1.82, 2.24) is 10.2 Å². The van der Waals surface area contributed by atoms with Crippen molar-refractivity contribution in [2.75, 3.05) is 21.1 Å². The first-order valence-electron chi connectivity index (χ1n) is 6.22. The highest BCUT2D eigenvalue weighted by Crippen LogP contribution is 2.27. The first-order valence-corrected chi connectivity index (χ1v) is 6.22. The lowest BCUT2D eigenvalue weighted by Gasteiger charge is -2.28. The van der Waals surface area contributed by atoms with E-state index in [2.05, 4.69) is 70.2 Å². The SMILES string of the molecule is CNC(c1cc(C(C)(C)C)ccc1C)N(C)C. The zero-order valence-electron chi connectivity index (χ0n) is 12.3. The summed E-state index contributed by atoms with van der Waals surface area (Å²) in [5.74, 6) is 0. The Balaban J connectivity index is 3.23. The van der Waals surface area contributed by atoms with Crippen LogP contribution in [0.4, 0.5) is 0 Å². The second kappa shape index (κ2) is 5.19. The normalized spacial score (nSPS) is 14.1. The molecule has 0 saturated carbocycles. The van der Waals surface area contributed by atoms with Gasteiger partial charge in [0.25, 0.3) is 0 Å². The number of rotatable bonds is 3. The van der Waals surface area contributed by atoms with Crippen molar-refractivity contribution in [2.45, 2.75) is 39.3 Å². The standard InChI is InChI=1S/C15H26N2/c1-11-8-9-12(15(2,3)4)10-13(11)14(16-5)17(6)7/h8-10,14,16H,1-7H3. The zero-order chi connectivity index (χ0) is 13.2. The molecule has 1 aromatic rings. The summed E-state index contributed by atoms with van der Waals surface area (Å²) >= 11 is 0. The van der Waals surface area contributed by atoms with Gasteiger partial charge in [-0.15, -0.1) is 0 Å². The molecule has 0 aliphatic carbocycles. The van der Waals surface area contributed by atoms with E-state index in [9.17, 15) is 0 Å². The van der Waals surface area contributed by atoms with Gasteiger partial charge >= 0.3 is 0 Å². The molecule has 0 saturated heterocycles. The molecule has 1 unspecified atom stereocenters. The highest BCUT2D eigenvalue weighted by atomic mass is 15.2. The topological polar surface area (TPSA) is 15.3 Å². The number of benzene rings is 1. The van der Waals surface area contributed by atoms with Crippen molar-refractivity contribution < 1.29 is 0 Å². The van der Waals surface area contributed by atoms with Crippen molar-refractivity contribution in [3.05, 3.63) is 34.9 Å². The van der Waals surface area contributed by atoms with Gasteiger partial charge in [0, 0.05) is 0 Å². The van der Waals surface area contributed by atoms with E-state index >= 15 is 0 Å². The lowest BCUT2D eigenvalue weighted by Crippen LogP contribution is -2.31. The van der Waals surface area contributed by atoms with Gasteiger partial charge in [0.1, 0.15) is 0 Å². The van der Waals surface area contributed by atoms with E-state index in [-0.39, 0.29) is 11.6 Å². The van der Waals surface area contributed by atoms with Gasteiger partial charge in [-0.2, -0.15) is 0 Å². The number of nitrogens with one attached hydrogen (secondary N) is 1. The Kier molecular flexibility index (Phi) is 4.34. The molecule has 0 spiro atoms. The van der Waals surface area contributed by atoms with E-state index < -0.39 is 0 Å². The summed E-state index contributed by atoms with van der Waals surface area (Å²) < 4.78 is 0. The van der Waals surface area contributed by atoms with Gasteiger partial charge in [0.15, 0.2) is 0 Å². The van der Waals surface area contributed by atoms with Crippen LogP contribution in [0.3, 0.4) is 0 Å². The van der Waals surface area contributed by atoms with E-state index in [0.29, 0.717) is 0 Å². The summed E-state index contributed by atoms with van der Waals surface area (Å²) in [5.41, 5.74) is 4.30. The van der Waals surface area contributed by atoms with Gasteiger partial charge in [-0.1, -0.05) is 39.0 Å². The second-order valence-corrected chi connectivity index (χ2v) is 5.98. The molecule has 0 amide bonds. The van der Waals surface area contributed by atoms with Gasteiger partial charge in [-0.05, 0) is 50.2 Å². The third-order valence-electron chi connectivity index (χ3n) is 3.23. The Morgan fingerprint density at radius 2 is 1.76 bits per heavy atom. The fraction of sp³-hybridized carbons (Fsp3) is 0.600. The summed E-state index contributed by atoms with van der Waals surface area (Å²) in [6.45, 7) is 8.94. The fourth-order valence-electron chi connectivity index (χ4n) is 2.09. The molecular weight excluding hydrogens is 208 g/mol. The van der Waals surface area contributed by atoms with Crippen LogP contribution in [0.1, 0.15) is 43.6 Å². The molecule has 0 aliphatic rings. The number of hydrogen-bond acceptors (Lipinski definition) is 2. The third kappa shape index (κ3) is 3.30. The molecule has 1 aromatic carbocycles. The first-order chi connectivity index (χ1) is 7.77. The maximum absolute atomic E-state index is 3.36. The quantitative estimate of drug-likeness (QED) is 0.809. The van der Waals surface area contributed by atoms with E-state index in [1.54, 1.807) is 0 Å². The van der Waals surface area contributed by atoms with E-state index in [4.69, 9.17) is 0 Å². The molecule has 96 valence electrons. The largest absolute Gasteiger partial charge is 0.301 e. The zero-order valence-corrected chi connectivity index (χ0v) is 12.3. The van der Waals surface area contributed by atoms with Gasteiger partial charge < -0.3 is 5.32 Å². The summed E-state index contributed by atoms with van der Waals surface area (Å²) in [4.78, 5) is 2.20. The molecule has 0 fully saturated rings. The molecule has 0 radical (unpaired) electrons. The van der Waals surface area contributed by atoms with Crippen LogP contribution >= 0.6 is 0 Å². The summed E-state index contributed by atoms with van der Waals surface area (Å²) in [6.07, 6.45) is 0.275. The Hall–Kier alpha value is -0.860. The van der Waals surface area contributed by atoms with Crippen LogP contribution in [0.15, 0.2) is 18.2 Å². The summed E-state index contributed by atoms with van der Waals surface area (Å²) in [7, 11) is 6.21. The Labute approximate surface area is 106 Å². The highest BCUT2D eigenvalue weighted by Gasteiger charge is 2.19. The van der Waals surface area contributed by atoms with Gasteiger partial charge in [-0.3, -0.25) is 4.90 Å². The number of hydrogen-bond donors (Lipinski definition) is 1. The molecule has 0 aromatic heterocycles. The molecule has 2 heteroatoms. The second-order valence-electron chi connectivity index (χ2n) is 5.98. The molecular formula is C15H26N2. The van der Waals surface area contributed by atoms with Crippen molar-refractivity contribution in [3.8, 4) is 0 Å². The number of aryl methyl sites for hydroxylation is 1. The van der Waals surface area contributed by atoms with Gasteiger partial charge in [0.05, 0.1) is 6.17 Å². The van der Waals surface area contributed by atoms with Crippen LogP contribution in [-0.2, 0) is 5.41 Å². The first kappa shape index (κ1) is 14.2. The molecule has 0 heterocycles. The van der Waals surface area contributed by atoms with Crippen LogP contribution in [0.5, 0.6) is 0 Å². The average molecular weight is 234 g/mol. The number of nitrogens with zero attached hydrogens (tertiary/aromatic N) is 1. The predicted molar refractivity (Wildman–Crippen MR) is 75.4 cm³/mol. The van der Waals surface area contributed by atoms with Crippen molar-refractivity contribution in [3.63, 3.8) is 0 Å². The Morgan fingerprint density at radius 1 is 1.18 bits per heavy atom. The van der Waals surface area contributed by atoms with Crippen LogP contribution in [0, 0.1) is 6.92 Å². The van der Waals surface area contributed by atoms with Crippen LogP contribution in [0.2, 0.25) is 0 Å². The maximum atomic E-state index is 3.36. The summed E-state index contributed by atoms with van der Waals surface area (Å²) in [5, 5.41) is 3.36. The smallest absolute Gasteiger partial charge is 0.0856 e. The van der Waals surface area contributed by atoms with E-state index in [0.717, 1.165) is 0 Å². The molecule has 2 nitrogen and oxygen atoms in total. The van der Waals surface area contributed by atoms with Crippen molar-refractivity contribution in [1.29, 1.82) is 0 Å². The monoisotopic (exact) mass is 234 g/mol. The molecule has 1 rings (SSSR count). The van der Waals surface area contributed by atoms with E-state index in [1.807, 2.05) is 7.05 Å². The minimum Gasteiger partial charge on any atom is -0.301 e. The van der Waals surface area contributed by atoms with Crippen LogP contribution < -0.4 is 5.32 Å². The lowest BCUT2D eigenvalue weighted by molar-refractivity contribution is 0.263. The van der Waals surface area contributed by atoms with Crippen LogP contribution in [-0.4, -0.2) is 26.0 Å². The maximum Gasteiger partial charge on any atom is 0.0856 e. The Bertz CT molecular complexity index is 375. The van der Waals surface area contributed by atoms with Gasteiger partial charge in [0.2, 0.25) is 0 Å². The van der Waals surface area contributed by atoms with Crippen LogP contribution in [0.25, 0.3) is 0 Å². The summed E-state index contributed by atoms with van der Waals surface area (Å²) in [6, 6.07) is 6.79. The molecule has 0 aliphatic heterocycles. The minimum atomic E-state index is 0.201. The van der Waals surface area contributed by atoms with Crippen molar-refractivity contribution in [2.24, 2.45) is 0 Å². The van der Waals surface area contributed by atoms with E-state index in [1.165, 1.54) is 16.7 Å². The fourth-order valence-corrected chi connectivity index (χ4v) is 2.09. The Morgan fingerprint density at radius 3 is 2.18 bits per heavy atom.